The third-order valence-electron chi connectivity index (χ3n) is 3.66. The summed E-state index contributed by atoms with van der Waals surface area (Å²) in [5.41, 5.74) is 10.4. The number of imidazole rings is 1. The van der Waals surface area contributed by atoms with Crippen LogP contribution in [-0.4, -0.2) is 16.5 Å². The van der Waals surface area contributed by atoms with Crippen molar-refractivity contribution in [2.45, 2.75) is 39.5 Å². The van der Waals surface area contributed by atoms with Crippen molar-refractivity contribution in [2.75, 3.05) is 6.54 Å². The van der Waals surface area contributed by atoms with E-state index in [4.69, 9.17) is 5.73 Å². The molecule has 0 bridgehead atoms. The number of nitrogens with one attached hydrogen (secondary N) is 1. The lowest BCUT2D eigenvalue weighted by Crippen LogP contribution is -2.04. The molecule has 1 aromatic carbocycles. The maximum Gasteiger partial charge on any atom is 0.103 e. The Morgan fingerprint density at radius 2 is 1.95 bits per heavy atom. The van der Waals surface area contributed by atoms with E-state index in [1.165, 1.54) is 17.5 Å². The summed E-state index contributed by atoms with van der Waals surface area (Å²) in [5, 5.41) is 0. The topological polar surface area (TPSA) is 54.7 Å². The van der Waals surface area contributed by atoms with Crippen molar-refractivity contribution in [3.63, 3.8) is 0 Å². The van der Waals surface area contributed by atoms with Gasteiger partial charge in [0.25, 0.3) is 0 Å². The van der Waals surface area contributed by atoms with Crippen LogP contribution < -0.4 is 5.73 Å². The largest absolute Gasteiger partial charge is 0.346 e. The summed E-state index contributed by atoms with van der Waals surface area (Å²) < 4.78 is 0. The molecule has 0 fully saturated rings. The minimum Gasteiger partial charge on any atom is -0.346 e. The number of aromatic nitrogens is 2. The molecule has 1 atom stereocenters. The second-order valence-electron chi connectivity index (χ2n) is 5.12. The Hall–Kier alpha value is -1.61. The van der Waals surface area contributed by atoms with Crippen molar-refractivity contribution < 1.29 is 0 Å². The lowest BCUT2D eigenvalue weighted by atomic mass is 9.96. The molecule has 3 heteroatoms. The van der Waals surface area contributed by atoms with Crippen molar-refractivity contribution in [2.24, 2.45) is 5.73 Å². The molecule has 19 heavy (non-hydrogen) atoms. The molecule has 2 aromatic rings. The van der Waals surface area contributed by atoms with E-state index in [0.29, 0.717) is 12.5 Å². The summed E-state index contributed by atoms with van der Waals surface area (Å²) in [6.07, 6.45) is 2.00. The lowest BCUT2D eigenvalue weighted by Gasteiger charge is -2.09. The Bertz CT molecular complexity index is 525. The number of rotatable bonds is 5. The third-order valence-corrected chi connectivity index (χ3v) is 3.66. The first-order chi connectivity index (χ1) is 9.15. The van der Waals surface area contributed by atoms with Gasteiger partial charge < -0.3 is 10.7 Å². The summed E-state index contributed by atoms with van der Waals surface area (Å²) in [7, 11) is 0. The van der Waals surface area contributed by atoms with E-state index in [9.17, 15) is 0 Å². The summed E-state index contributed by atoms with van der Waals surface area (Å²) in [6, 6.07) is 8.74. The second kappa shape index (κ2) is 6.02. The number of aromatic amines is 1. The lowest BCUT2D eigenvalue weighted by molar-refractivity contribution is 0.734. The fourth-order valence-electron chi connectivity index (χ4n) is 2.31. The zero-order valence-corrected chi connectivity index (χ0v) is 12.0. The molecule has 1 heterocycles. The van der Waals surface area contributed by atoms with E-state index in [-0.39, 0.29) is 0 Å². The van der Waals surface area contributed by atoms with Gasteiger partial charge in [0.1, 0.15) is 5.82 Å². The van der Waals surface area contributed by atoms with Crippen LogP contribution in [0.1, 0.15) is 43.3 Å². The number of nitrogens with two attached hydrogens (primary N) is 1. The zero-order valence-electron chi connectivity index (χ0n) is 12.0. The van der Waals surface area contributed by atoms with Gasteiger partial charge in [-0.1, -0.05) is 38.1 Å². The number of H-pyrrole nitrogens is 1. The Morgan fingerprint density at radius 1 is 1.26 bits per heavy atom. The second-order valence-corrected chi connectivity index (χ2v) is 5.12. The molecule has 1 aromatic heterocycles. The van der Waals surface area contributed by atoms with Gasteiger partial charge in [-0.2, -0.15) is 0 Å². The first-order valence-corrected chi connectivity index (χ1v) is 7.01. The standard InChI is InChI=1S/C16H23N3/c1-4-11(2)13-5-7-14(8-6-13)16-15(9-10-17)18-12(3)19-16/h5-8,11H,4,9-10,17H2,1-3H3,(H,18,19). The van der Waals surface area contributed by atoms with Crippen LogP contribution in [0.15, 0.2) is 24.3 Å². The fraction of sp³-hybridized carbons (Fsp3) is 0.438. The van der Waals surface area contributed by atoms with E-state index in [2.05, 4.69) is 48.1 Å². The highest BCUT2D eigenvalue weighted by Gasteiger charge is 2.10. The molecule has 0 aliphatic rings. The Kier molecular flexibility index (Phi) is 4.38. The monoisotopic (exact) mass is 257 g/mol. The van der Waals surface area contributed by atoms with Gasteiger partial charge in [-0.05, 0) is 31.4 Å². The van der Waals surface area contributed by atoms with Crippen LogP contribution in [-0.2, 0) is 6.42 Å². The predicted octanol–water partition coefficient (Wildman–Crippen LogP) is 3.40. The smallest absolute Gasteiger partial charge is 0.103 e. The van der Waals surface area contributed by atoms with E-state index in [0.717, 1.165) is 23.6 Å². The molecular formula is C16H23N3. The van der Waals surface area contributed by atoms with Crippen LogP contribution in [0, 0.1) is 6.92 Å². The highest BCUT2D eigenvalue weighted by Crippen LogP contribution is 2.25. The minimum atomic E-state index is 0.610. The average molecular weight is 257 g/mol. The molecule has 0 radical (unpaired) electrons. The molecule has 0 saturated heterocycles. The third kappa shape index (κ3) is 3.04. The molecule has 0 spiro atoms. The van der Waals surface area contributed by atoms with E-state index in [1.807, 2.05) is 6.92 Å². The van der Waals surface area contributed by atoms with Gasteiger partial charge in [0, 0.05) is 17.7 Å². The van der Waals surface area contributed by atoms with E-state index >= 15 is 0 Å². The van der Waals surface area contributed by atoms with Gasteiger partial charge in [-0.25, -0.2) is 4.98 Å². The van der Waals surface area contributed by atoms with Crippen LogP contribution in [0.25, 0.3) is 11.3 Å². The summed E-state index contributed by atoms with van der Waals surface area (Å²) in [4.78, 5) is 7.88. The maximum absolute atomic E-state index is 5.65. The first-order valence-electron chi connectivity index (χ1n) is 7.01. The molecule has 1 unspecified atom stereocenters. The predicted molar refractivity (Wildman–Crippen MR) is 80.2 cm³/mol. The molecule has 102 valence electrons. The van der Waals surface area contributed by atoms with E-state index in [1.54, 1.807) is 0 Å². The number of hydrogen-bond donors (Lipinski definition) is 2. The van der Waals surface area contributed by atoms with Gasteiger partial charge in [0.2, 0.25) is 0 Å². The number of nitrogens with zero attached hydrogens (tertiary/aromatic N) is 1. The SMILES string of the molecule is CCC(C)c1ccc(-c2nc(C)[nH]c2CCN)cc1. The number of hydrogen-bond acceptors (Lipinski definition) is 2. The van der Waals surface area contributed by atoms with Crippen molar-refractivity contribution in [1.29, 1.82) is 0 Å². The quantitative estimate of drug-likeness (QED) is 0.862. The van der Waals surface area contributed by atoms with Crippen LogP contribution in [0.5, 0.6) is 0 Å². The van der Waals surface area contributed by atoms with Gasteiger partial charge in [0.05, 0.1) is 5.69 Å². The summed E-state index contributed by atoms with van der Waals surface area (Å²) in [6.45, 7) is 7.10. The van der Waals surface area contributed by atoms with Crippen molar-refractivity contribution >= 4 is 0 Å². The van der Waals surface area contributed by atoms with Crippen molar-refractivity contribution in [3.05, 3.63) is 41.3 Å². The minimum absolute atomic E-state index is 0.610. The summed E-state index contributed by atoms with van der Waals surface area (Å²) >= 11 is 0. The summed E-state index contributed by atoms with van der Waals surface area (Å²) in [5.74, 6) is 1.56. The number of benzene rings is 1. The Labute approximate surface area is 115 Å². The molecule has 0 aliphatic heterocycles. The van der Waals surface area contributed by atoms with Crippen LogP contribution in [0.4, 0.5) is 0 Å². The van der Waals surface area contributed by atoms with Crippen LogP contribution >= 0.6 is 0 Å². The normalized spacial score (nSPS) is 12.6. The van der Waals surface area contributed by atoms with Crippen molar-refractivity contribution in [3.8, 4) is 11.3 Å². The molecule has 0 aliphatic carbocycles. The zero-order chi connectivity index (χ0) is 13.8. The van der Waals surface area contributed by atoms with Crippen molar-refractivity contribution in [1.82, 2.24) is 9.97 Å². The maximum atomic E-state index is 5.65. The van der Waals surface area contributed by atoms with Crippen LogP contribution in [0.2, 0.25) is 0 Å². The molecule has 2 rings (SSSR count). The van der Waals surface area contributed by atoms with E-state index < -0.39 is 0 Å². The van der Waals surface area contributed by atoms with Gasteiger partial charge in [-0.15, -0.1) is 0 Å². The fourth-order valence-corrected chi connectivity index (χ4v) is 2.31. The highest BCUT2D eigenvalue weighted by molar-refractivity contribution is 5.62. The molecule has 0 saturated carbocycles. The molecule has 3 nitrogen and oxygen atoms in total. The molecular weight excluding hydrogens is 234 g/mol. The Balaban J connectivity index is 2.31. The van der Waals surface area contributed by atoms with Gasteiger partial charge >= 0.3 is 0 Å². The highest BCUT2D eigenvalue weighted by atomic mass is 14.9. The average Bonchev–Trinajstić information content (AvgIpc) is 2.79. The number of aryl methyl sites for hydroxylation is 1. The van der Waals surface area contributed by atoms with Gasteiger partial charge in [-0.3, -0.25) is 0 Å². The van der Waals surface area contributed by atoms with Crippen LogP contribution in [0.3, 0.4) is 0 Å². The Morgan fingerprint density at radius 3 is 2.53 bits per heavy atom. The molecule has 3 N–H and O–H groups in total. The molecule has 0 amide bonds. The first kappa shape index (κ1) is 13.8. The van der Waals surface area contributed by atoms with Gasteiger partial charge in [0.15, 0.2) is 0 Å².